The van der Waals surface area contributed by atoms with Crippen LogP contribution in [0.3, 0.4) is 0 Å². The standard InChI is InChI=1S/C6H12N2O2/c7-3-2-6(10)8-4-1-5-9/h5H,1-4,7H2,(H,8,10). The molecule has 0 aliphatic carbocycles. The molecule has 0 unspecified atom stereocenters. The lowest BCUT2D eigenvalue weighted by molar-refractivity contribution is -0.120. The molecule has 58 valence electrons. The molecule has 0 aromatic carbocycles. The van der Waals surface area contributed by atoms with Gasteiger partial charge in [0.2, 0.25) is 5.91 Å². The van der Waals surface area contributed by atoms with Gasteiger partial charge in [-0.3, -0.25) is 4.79 Å². The topological polar surface area (TPSA) is 72.2 Å². The van der Waals surface area contributed by atoms with E-state index < -0.39 is 0 Å². The minimum Gasteiger partial charge on any atom is -0.356 e. The summed E-state index contributed by atoms with van der Waals surface area (Å²) in [7, 11) is 0. The van der Waals surface area contributed by atoms with Crippen LogP contribution in [0.15, 0.2) is 0 Å². The minimum atomic E-state index is -0.0932. The summed E-state index contributed by atoms with van der Waals surface area (Å²) < 4.78 is 0. The fraction of sp³-hybridized carbons (Fsp3) is 0.667. The molecule has 0 saturated heterocycles. The van der Waals surface area contributed by atoms with E-state index in [1.807, 2.05) is 0 Å². The van der Waals surface area contributed by atoms with Crippen LogP contribution < -0.4 is 11.1 Å². The molecular weight excluding hydrogens is 132 g/mol. The molecule has 3 N–H and O–H groups in total. The Hall–Kier alpha value is -0.900. The smallest absolute Gasteiger partial charge is 0.221 e. The molecule has 0 fully saturated rings. The Morgan fingerprint density at radius 3 is 2.80 bits per heavy atom. The highest BCUT2D eigenvalue weighted by atomic mass is 16.1. The first-order valence-corrected chi connectivity index (χ1v) is 3.21. The van der Waals surface area contributed by atoms with Crippen molar-refractivity contribution < 1.29 is 9.59 Å². The second-order valence-electron chi connectivity index (χ2n) is 1.84. The summed E-state index contributed by atoms with van der Waals surface area (Å²) in [6.45, 7) is 0.773. The number of carbonyl (C=O) groups is 2. The lowest BCUT2D eigenvalue weighted by Gasteiger charge is -1.98. The van der Waals surface area contributed by atoms with Crippen molar-refractivity contribution >= 4 is 12.2 Å². The lowest BCUT2D eigenvalue weighted by Crippen LogP contribution is -2.26. The summed E-state index contributed by atoms with van der Waals surface area (Å²) in [6, 6.07) is 0. The highest BCUT2D eigenvalue weighted by Gasteiger charge is 1.95. The van der Waals surface area contributed by atoms with Gasteiger partial charge >= 0.3 is 0 Å². The van der Waals surface area contributed by atoms with Crippen LogP contribution in [0.4, 0.5) is 0 Å². The van der Waals surface area contributed by atoms with Crippen LogP contribution in [0, 0.1) is 0 Å². The molecule has 0 saturated carbocycles. The van der Waals surface area contributed by atoms with Gasteiger partial charge in [-0.1, -0.05) is 0 Å². The van der Waals surface area contributed by atoms with Gasteiger partial charge in [0.1, 0.15) is 6.29 Å². The zero-order valence-corrected chi connectivity index (χ0v) is 5.80. The van der Waals surface area contributed by atoms with E-state index in [9.17, 15) is 9.59 Å². The average Bonchev–Trinajstić information content (AvgIpc) is 1.89. The van der Waals surface area contributed by atoms with E-state index in [1.165, 1.54) is 0 Å². The van der Waals surface area contributed by atoms with Crippen molar-refractivity contribution in [3.63, 3.8) is 0 Å². The van der Waals surface area contributed by atoms with Gasteiger partial charge in [0.15, 0.2) is 0 Å². The monoisotopic (exact) mass is 144 g/mol. The number of rotatable bonds is 5. The number of hydrogen-bond donors (Lipinski definition) is 2. The average molecular weight is 144 g/mol. The summed E-state index contributed by atoms with van der Waals surface area (Å²) in [5.41, 5.74) is 5.10. The van der Waals surface area contributed by atoms with E-state index in [1.54, 1.807) is 0 Å². The Morgan fingerprint density at radius 1 is 1.60 bits per heavy atom. The molecule has 0 aromatic heterocycles. The molecule has 0 aliphatic rings. The molecule has 0 rings (SSSR count). The predicted octanol–water partition coefficient (Wildman–Crippen LogP) is -0.960. The fourth-order valence-electron chi connectivity index (χ4n) is 0.490. The molecule has 0 aromatic rings. The highest BCUT2D eigenvalue weighted by molar-refractivity contribution is 5.76. The van der Waals surface area contributed by atoms with Crippen molar-refractivity contribution in [2.45, 2.75) is 12.8 Å². The Balaban J connectivity index is 3.13. The minimum absolute atomic E-state index is 0.0932. The van der Waals surface area contributed by atoms with Crippen molar-refractivity contribution in [1.29, 1.82) is 0 Å². The van der Waals surface area contributed by atoms with Crippen molar-refractivity contribution in [2.75, 3.05) is 13.1 Å². The maximum Gasteiger partial charge on any atom is 0.221 e. The molecule has 0 radical (unpaired) electrons. The van der Waals surface area contributed by atoms with E-state index in [4.69, 9.17) is 5.73 Å². The number of hydrogen-bond acceptors (Lipinski definition) is 3. The zero-order valence-electron chi connectivity index (χ0n) is 5.80. The SMILES string of the molecule is NCCC(=O)NCCC=O. The number of carbonyl (C=O) groups excluding carboxylic acids is 2. The molecule has 1 amide bonds. The van der Waals surface area contributed by atoms with Gasteiger partial charge in [0.05, 0.1) is 0 Å². The lowest BCUT2D eigenvalue weighted by atomic mass is 10.4. The van der Waals surface area contributed by atoms with Gasteiger partial charge in [-0.15, -0.1) is 0 Å². The Morgan fingerprint density at radius 2 is 2.30 bits per heavy atom. The molecule has 0 spiro atoms. The number of nitrogens with one attached hydrogen (secondary N) is 1. The number of aldehydes is 1. The van der Waals surface area contributed by atoms with Gasteiger partial charge in [0.25, 0.3) is 0 Å². The largest absolute Gasteiger partial charge is 0.356 e. The van der Waals surface area contributed by atoms with E-state index in [0.29, 0.717) is 25.9 Å². The first-order valence-electron chi connectivity index (χ1n) is 3.21. The number of amides is 1. The summed E-state index contributed by atoms with van der Waals surface area (Å²) in [5.74, 6) is -0.0932. The Labute approximate surface area is 59.8 Å². The van der Waals surface area contributed by atoms with Crippen LogP contribution in [0.25, 0.3) is 0 Å². The van der Waals surface area contributed by atoms with Gasteiger partial charge in [-0.25, -0.2) is 0 Å². The van der Waals surface area contributed by atoms with E-state index in [-0.39, 0.29) is 5.91 Å². The highest BCUT2D eigenvalue weighted by Crippen LogP contribution is 1.74. The van der Waals surface area contributed by atoms with Crippen molar-refractivity contribution in [3.8, 4) is 0 Å². The first-order chi connectivity index (χ1) is 4.81. The van der Waals surface area contributed by atoms with E-state index >= 15 is 0 Å². The van der Waals surface area contributed by atoms with Crippen LogP contribution in [0.1, 0.15) is 12.8 Å². The fourth-order valence-corrected chi connectivity index (χ4v) is 0.490. The van der Waals surface area contributed by atoms with Gasteiger partial charge < -0.3 is 15.8 Å². The zero-order chi connectivity index (χ0) is 7.82. The quantitative estimate of drug-likeness (QED) is 0.385. The maximum atomic E-state index is 10.6. The van der Waals surface area contributed by atoms with Crippen LogP contribution >= 0.6 is 0 Å². The van der Waals surface area contributed by atoms with Gasteiger partial charge in [0, 0.05) is 25.9 Å². The summed E-state index contributed by atoms with van der Waals surface area (Å²) >= 11 is 0. The Kier molecular flexibility index (Phi) is 5.66. The van der Waals surface area contributed by atoms with E-state index in [0.717, 1.165) is 6.29 Å². The van der Waals surface area contributed by atoms with Gasteiger partial charge in [-0.2, -0.15) is 0 Å². The molecule has 4 heteroatoms. The van der Waals surface area contributed by atoms with Crippen LogP contribution in [-0.4, -0.2) is 25.3 Å². The molecule has 0 aliphatic heterocycles. The predicted molar refractivity (Wildman–Crippen MR) is 37.4 cm³/mol. The summed E-state index contributed by atoms with van der Waals surface area (Å²) in [4.78, 5) is 20.4. The molecule has 0 bridgehead atoms. The van der Waals surface area contributed by atoms with Crippen LogP contribution in [0.5, 0.6) is 0 Å². The molecule has 4 nitrogen and oxygen atoms in total. The second kappa shape index (κ2) is 6.22. The molecule has 0 atom stereocenters. The van der Waals surface area contributed by atoms with Gasteiger partial charge in [-0.05, 0) is 0 Å². The van der Waals surface area contributed by atoms with Crippen molar-refractivity contribution in [1.82, 2.24) is 5.32 Å². The Bertz CT molecular complexity index is 114. The van der Waals surface area contributed by atoms with Crippen LogP contribution in [-0.2, 0) is 9.59 Å². The third-order valence-corrected chi connectivity index (χ3v) is 0.956. The second-order valence-corrected chi connectivity index (χ2v) is 1.84. The maximum absolute atomic E-state index is 10.6. The molecule has 0 heterocycles. The van der Waals surface area contributed by atoms with Crippen LogP contribution in [0.2, 0.25) is 0 Å². The van der Waals surface area contributed by atoms with Crippen molar-refractivity contribution in [3.05, 3.63) is 0 Å². The van der Waals surface area contributed by atoms with Crippen molar-refractivity contribution in [2.24, 2.45) is 5.73 Å². The molecular formula is C6H12N2O2. The first kappa shape index (κ1) is 9.10. The summed E-state index contributed by atoms with van der Waals surface area (Å²) in [5, 5.41) is 2.53. The molecule has 10 heavy (non-hydrogen) atoms. The van der Waals surface area contributed by atoms with E-state index in [2.05, 4.69) is 5.32 Å². The third kappa shape index (κ3) is 5.24. The third-order valence-electron chi connectivity index (χ3n) is 0.956. The normalized spacial score (nSPS) is 8.90. The summed E-state index contributed by atoms with van der Waals surface area (Å²) in [6.07, 6.45) is 1.47. The number of nitrogens with two attached hydrogens (primary N) is 1.